The smallest absolute Gasteiger partial charge is 0.00969 e. The standard InChI is InChI=1S/C6H15N.ClH.H3N/c1-4-5-6(2,3)7;;/h4-5,7H2,1-3H3;1H;1H3. The van der Waals surface area contributed by atoms with Gasteiger partial charge in [-0.2, -0.15) is 0 Å². The van der Waals surface area contributed by atoms with Crippen LogP contribution in [0.1, 0.15) is 33.6 Å². The molecule has 0 aromatic rings. The van der Waals surface area contributed by atoms with E-state index >= 15 is 0 Å². The van der Waals surface area contributed by atoms with E-state index in [4.69, 9.17) is 5.73 Å². The first-order valence-corrected chi connectivity index (χ1v) is 2.85. The van der Waals surface area contributed by atoms with Gasteiger partial charge in [0.1, 0.15) is 0 Å². The average Bonchev–Trinajstić information content (AvgIpc) is 1.30. The van der Waals surface area contributed by atoms with E-state index in [-0.39, 0.29) is 24.1 Å². The molecule has 3 heteroatoms. The molecular weight excluding hydrogens is 136 g/mol. The Morgan fingerprint density at radius 3 is 1.67 bits per heavy atom. The zero-order chi connectivity index (χ0) is 5.91. The summed E-state index contributed by atoms with van der Waals surface area (Å²) >= 11 is 0. The number of rotatable bonds is 2. The van der Waals surface area contributed by atoms with Gasteiger partial charge in [-0.15, -0.1) is 12.4 Å². The third-order valence-electron chi connectivity index (χ3n) is 0.894. The van der Waals surface area contributed by atoms with E-state index in [1.165, 1.54) is 6.42 Å². The molecule has 0 amide bonds. The van der Waals surface area contributed by atoms with Gasteiger partial charge >= 0.3 is 0 Å². The highest BCUT2D eigenvalue weighted by molar-refractivity contribution is 5.85. The van der Waals surface area contributed by atoms with Crippen molar-refractivity contribution in [3.05, 3.63) is 0 Å². The SMILES string of the molecule is CCCC(C)(C)N.Cl.N. The van der Waals surface area contributed by atoms with Crippen molar-refractivity contribution in [1.82, 2.24) is 6.15 Å². The lowest BCUT2D eigenvalue weighted by atomic mass is 10.0. The van der Waals surface area contributed by atoms with Crippen LogP contribution in [-0.2, 0) is 0 Å². The normalized spacial score (nSPS) is 9.33. The Labute approximate surface area is 64.2 Å². The van der Waals surface area contributed by atoms with Crippen LogP contribution >= 0.6 is 12.4 Å². The second kappa shape index (κ2) is 6.33. The van der Waals surface area contributed by atoms with Crippen LogP contribution in [0.25, 0.3) is 0 Å². The lowest BCUT2D eigenvalue weighted by Crippen LogP contribution is -2.31. The fraction of sp³-hybridized carbons (Fsp3) is 1.00. The fourth-order valence-corrected chi connectivity index (χ4v) is 0.644. The van der Waals surface area contributed by atoms with Gasteiger partial charge in [-0.1, -0.05) is 13.3 Å². The molecule has 0 radical (unpaired) electrons. The molecule has 0 aliphatic carbocycles. The maximum Gasteiger partial charge on any atom is 0.00969 e. The number of nitrogens with two attached hydrogens (primary N) is 1. The predicted molar refractivity (Wildman–Crippen MR) is 45.4 cm³/mol. The lowest BCUT2D eigenvalue weighted by Gasteiger charge is -2.15. The van der Waals surface area contributed by atoms with Crippen LogP contribution in [0.4, 0.5) is 0 Å². The minimum absolute atomic E-state index is 0. The maximum atomic E-state index is 5.65. The molecule has 0 unspecified atom stereocenters. The Hall–Kier alpha value is 0.210. The fourth-order valence-electron chi connectivity index (χ4n) is 0.644. The quantitative estimate of drug-likeness (QED) is 0.640. The lowest BCUT2D eigenvalue weighted by molar-refractivity contribution is 0.470. The van der Waals surface area contributed by atoms with E-state index < -0.39 is 0 Å². The molecule has 60 valence electrons. The van der Waals surface area contributed by atoms with Crippen molar-refractivity contribution in [3.63, 3.8) is 0 Å². The number of halogens is 1. The maximum absolute atomic E-state index is 5.65. The minimum Gasteiger partial charge on any atom is -0.344 e. The summed E-state index contributed by atoms with van der Waals surface area (Å²) in [4.78, 5) is 0. The molecule has 0 aliphatic rings. The summed E-state index contributed by atoms with van der Waals surface area (Å²) in [6.45, 7) is 6.25. The monoisotopic (exact) mass is 154 g/mol. The van der Waals surface area contributed by atoms with Gasteiger partial charge in [0.15, 0.2) is 0 Å². The number of hydrogen-bond acceptors (Lipinski definition) is 2. The highest BCUT2D eigenvalue weighted by Crippen LogP contribution is 2.04. The van der Waals surface area contributed by atoms with Crippen LogP contribution in [-0.4, -0.2) is 5.54 Å². The topological polar surface area (TPSA) is 61.0 Å². The van der Waals surface area contributed by atoms with E-state index in [0.717, 1.165) is 6.42 Å². The summed E-state index contributed by atoms with van der Waals surface area (Å²) in [5.41, 5.74) is 5.70. The van der Waals surface area contributed by atoms with Crippen molar-refractivity contribution in [2.24, 2.45) is 5.73 Å². The van der Waals surface area contributed by atoms with Crippen molar-refractivity contribution in [2.45, 2.75) is 39.2 Å². The Balaban J connectivity index is -0.000000180. The molecule has 0 fully saturated rings. The molecule has 5 N–H and O–H groups in total. The summed E-state index contributed by atoms with van der Waals surface area (Å²) < 4.78 is 0. The van der Waals surface area contributed by atoms with Crippen molar-refractivity contribution in [3.8, 4) is 0 Å². The molecule has 0 aliphatic heterocycles. The molecular formula is C6H19ClN2. The van der Waals surface area contributed by atoms with Crippen molar-refractivity contribution in [2.75, 3.05) is 0 Å². The molecule has 9 heavy (non-hydrogen) atoms. The van der Waals surface area contributed by atoms with Crippen LogP contribution in [0.3, 0.4) is 0 Å². The van der Waals surface area contributed by atoms with E-state index in [9.17, 15) is 0 Å². The first-order valence-electron chi connectivity index (χ1n) is 2.85. The van der Waals surface area contributed by atoms with Gasteiger partial charge in [-0.05, 0) is 20.3 Å². The second-order valence-corrected chi connectivity index (χ2v) is 2.74. The molecule has 0 rings (SSSR count). The Kier molecular flexibility index (Phi) is 11.3. The largest absolute Gasteiger partial charge is 0.344 e. The third-order valence-corrected chi connectivity index (χ3v) is 0.894. The van der Waals surface area contributed by atoms with Crippen LogP contribution in [0, 0.1) is 0 Å². The molecule has 0 aromatic carbocycles. The van der Waals surface area contributed by atoms with E-state index in [0.29, 0.717) is 0 Å². The van der Waals surface area contributed by atoms with Crippen molar-refractivity contribution >= 4 is 12.4 Å². The third kappa shape index (κ3) is 17.9. The van der Waals surface area contributed by atoms with E-state index in [2.05, 4.69) is 20.8 Å². The van der Waals surface area contributed by atoms with E-state index in [1.54, 1.807) is 0 Å². The number of hydrogen-bond donors (Lipinski definition) is 2. The Morgan fingerprint density at radius 2 is 1.67 bits per heavy atom. The van der Waals surface area contributed by atoms with Gasteiger partial charge in [-0.25, -0.2) is 0 Å². The first-order chi connectivity index (χ1) is 3.06. The van der Waals surface area contributed by atoms with Gasteiger partial charge in [0.25, 0.3) is 0 Å². The van der Waals surface area contributed by atoms with Crippen LogP contribution < -0.4 is 11.9 Å². The first kappa shape index (κ1) is 16.1. The highest BCUT2D eigenvalue weighted by atomic mass is 35.5. The summed E-state index contributed by atoms with van der Waals surface area (Å²) in [6, 6.07) is 0. The molecule has 0 saturated carbocycles. The summed E-state index contributed by atoms with van der Waals surface area (Å²) in [7, 11) is 0. The molecule has 0 atom stereocenters. The predicted octanol–water partition coefficient (Wildman–Crippen LogP) is 2.11. The summed E-state index contributed by atoms with van der Waals surface area (Å²) in [5, 5.41) is 0. The van der Waals surface area contributed by atoms with Gasteiger partial charge in [-0.3, -0.25) is 0 Å². The minimum atomic E-state index is 0. The Morgan fingerprint density at radius 1 is 1.33 bits per heavy atom. The molecule has 0 bridgehead atoms. The second-order valence-electron chi connectivity index (χ2n) is 2.74. The van der Waals surface area contributed by atoms with Crippen molar-refractivity contribution in [1.29, 1.82) is 0 Å². The van der Waals surface area contributed by atoms with Crippen molar-refractivity contribution < 1.29 is 0 Å². The summed E-state index contributed by atoms with van der Waals surface area (Å²) in [6.07, 6.45) is 2.30. The Bertz CT molecular complexity index is 49.5. The zero-order valence-corrected chi connectivity index (χ0v) is 7.42. The van der Waals surface area contributed by atoms with E-state index in [1.807, 2.05) is 0 Å². The molecule has 0 spiro atoms. The van der Waals surface area contributed by atoms with Gasteiger partial charge in [0.05, 0.1) is 0 Å². The van der Waals surface area contributed by atoms with Gasteiger partial charge in [0.2, 0.25) is 0 Å². The van der Waals surface area contributed by atoms with Crippen LogP contribution in [0.2, 0.25) is 0 Å². The molecule has 0 heterocycles. The molecule has 0 saturated heterocycles. The highest BCUT2D eigenvalue weighted by Gasteiger charge is 2.06. The van der Waals surface area contributed by atoms with Gasteiger partial charge < -0.3 is 11.9 Å². The zero-order valence-electron chi connectivity index (χ0n) is 6.61. The van der Waals surface area contributed by atoms with Crippen LogP contribution in [0.15, 0.2) is 0 Å². The molecule has 0 aromatic heterocycles. The van der Waals surface area contributed by atoms with Crippen LogP contribution in [0.5, 0.6) is 0 Å². The van der Waals surface area contributed by atoms with Gasteiger partial charge in [0, 0.05) is 5.54 Å². The molecule has 2 nitrogen and oxygen atoms in total. The average molecular weight is 155 g/mol. The summed E-state index contributed by atoms with van der Waals surface area (Å²) in [5.74, 6) is 0.